The van der Waals surface area contributed by atoms with E-state index < -0.39 is 27.2 Å². The molecule has 27 heavy (non-hydrogen) atoms. The third kappa shape index (κ3) is 4.24. The molecule has 0 bridgehead atoms. The standard InChI is InChI=1S/C19H25ClFNO4S/c1-22-18(23)13-11-14(20)16(17(15(13)21)27(24)25)26-12-5-9-19(10-6-12)7-3-2-4-8-19/h11-12,15H,2-10H2,1H3,(H,22,23). The first kappa shape index (κ1) is 20.4. The Morgan fingerprint density at radius 3 is 2.41 bits per heavy atom. The van der Waals surface area contributed by atoms with Gasteiger partial charge in [0.15, 0.2) is 16.8 Å². The van der Waals surface area contributed by atoms with Crippen molar-refractivity contribution in [3.05, 3.63) is 22.4 Å². The van der Waals surface area contributed by atoms with Crippen LogP contribution in [0.1, 0.15) is 57.8 Å². The first-order valence-electron chi connectivity index (χ1n) is 9.47. The van der Waals surface area contributed by atoms with Gasteiger partial charge in [-0.25, -0.2) is 4.39 Å². The molecule has 0 aromatic rings. The van der Waals surface area contributed by atoms with E-state index in [0.717, 1.165) is 31.8 Å². The summed E-state index contributed by atoms with van der Waals surface area (Å²) in [6.07, 6.45) is 8.89. The molecule has 5 nitrogen and oxygen atoms in total. The van der Waals surface area contributed by atoms with Crippen LogP contribution in [-0.2, 0) is 19.8 Å². The minimum atomic E-state index is -2.88. The predicted molar refractivity (Wildman–Crippen MR) is 103 cm³/mol. The van der Waals surface area contributed by atoms with Crippen LogP contribution in [-0.4, -0.2) is 38.5 Å². The summed E-state index contributed by atoms with van der Waals surface area (Å²) in [7, 11) is -1.54. The minimum absolute atomic E-state index is 0.0559. The van der Waals surface area contributed by atoms with Crippen molar-refractivity contribution in [2.24, 2.45) is 5.41 Å². The van der Waals surface area contributed by atoms with Crippen molar-refractivity contribution < 1.29 is 22.3 Å². The third-order valence-electron chi connectivity index (χ3n) is 6.09. The molecule has 0 heterocycles. The Bertz CT molecular complexity index is 794. The van der Waals surface area contributed by atoms with Crippen LogP contribution >= 0.6 is 11.6 Å². The van der Waals surface area contributed by atoms with Crippen molar-refractivity contribution in [3.8, 4) is 0 Å². The second kappa shape index (κ2) is 8.35. The Hall–Kier alpha value is -1.34. The molecule has 1 N–H and O–H groups in total. The second-order valence-electron chi connectivity index (χ2n) is 7.70. The van der Waals surface area contributed by atoms with Crippen molar-refractivity contribution >= 4 is 32.7 Å². The summed E-state index contributed by atoms with van der Waals surface area (Å²) < 4.78 is 43.9. The highest BCUT2D eigenvalue weighted by Crippen LogP contribution is 2.48. The number of likely N-dealkylation sites (N-methyl/N-ethyl adjacent to an activating group) is 1. The van der Waals surface area contributed by atoms with Gasteiger partial charge in [-0.05, 0) is 50.0 Å². The van der Waals surface area contributed by atoms with Crippen molar-refractivity contribution in [1.29, 1.82) is 0 Å². The molecule has 1 spiro atoms. The van der Waals surface area contributed by atoms with Crippen LogP contribution in [0.25, 0.3) is 0 Å². The highest BCUT2D eigenvalue weighted by Gasteiger charge is 2.40. The van der Waals surface area contributed by atoms with E-state index in [1.165, 1.54) is 39.2 Å². The average Bonchev–Trinajstić information content (AvgIpc) is 2.66. The van der Waals surface area contributed by atoms with Gasteiger partial charge >= 0.3 is 0 Å². The van der Waals surface area contributed by atoms with Gasteiger partial charge in [-0.3, -0.25) is 4.79 Å². The van der Waals surface area contributed by atoms with Gasteiger partial charge < -0.3 is 10.1 Å². The lowest BCUT2D eigenvalue weighted by Gasteiger charge is -2.43. The molecule has 0 radical (unpaired) electrons. The summed E-state index contributed by atoms with van der Waals surface area (Å²) in [6, 6.07) is 0. The normalized spacial score (nSPS) is 26.0. The van der Waals surface area contributed by atoms with E-state index >= 15 is 0 Å². The Kier molecular flexibility index (Phi) is 6.31. The summed E-state index contributed by atoms with van der Waals surface area (Å²) in [6.45, 7) is 0. The number of amides is 1. The molecule has 8 heteroatoms. The molecular formula is C19H25ClFNO4S. The number of alkyl halides is 1. The van der Waals surface area contributed by atoms with E-state index in [0.29, 0.717) is 5.41 Å². The zero-order valence-corrected chi connectivity index (χ0v) is 17.0. The number of ether oxygens (including phenoxy) is 1. The zero-order chi connectivity index (χ0) is 19.6. The number of hydrogen-bond acceptors (Lipinski definition) is 4. The summed E-state index contributed by atoms with van der Waals surface area (Å²) in [5.41, 5.74) is 0.0601. The third-order valence-corrected chi connectivity index (χ3v) is 7.12. The van der Waals surface area contributed by atoms with Gasteiger partial charge in [0, 0.05) is 7.05 Å². The maximum Gasteiger partial charge on any atom is 0.250 e. The lowest BCUT2D eigenvalue weighted by Crippen LogP contribution is -2.37. The average molecular weight is 418 g/mol. The molecule has 0 aliphatic heterocycles. The van der Waals surface area contributed by atoms with Crippen LogP contribution < -0.4 is 5.32 Å². The molecule has 0 saturated heterocycles. The second-order valence-corrected chi connectivity index (χ2v) is 9.01. The van der Waals surface area contributed by atoms with Gasteiger partial charge in [0.2, 0.25) is 16.2 Å². The largest absolute Gasteiger partial charge is 0.487 e. The van der Waals surface area contributed by atoms with Gasteiger partial charge in [0.05, 0.1) is 16.7 Å². The molecule has 0 aromatic carbocycles. The monoisotopic (exact) mass is 417 g/mol. The fourth-order valence-electron chi connectivity index (χ4n) is 4.54. The number of carbonyl (C=O) groups is 1. The first-order chi connectivity index (χ1) is 12.9. The summed E-state index contributed by atoms with van der Waals surface area (Å²) in [5, 5.41) is 2.23. The van der Waals surface area contributed by atoms with E-state index in [2.05, 4.69) is 5.32 Å². The van der Waals surface area contributed by atoms with Crippen LogP contribution in [0.3, 0.4) is 0 Å². The highest BCUT2D eigenvalue weighted by atomic mass is 35.5. The summed E-state index contributed by atoms with van der Waals surface area (Å²) in [5.74, 6) is -0.866. The lowest BCUT2D eigenvalue weighted by molar-refractivity contribution is -0.117. The quantitative estimate of drug-likeness (QED) is 0.714. The first-order valence-corrected chi connectivity index (χ1v) is 10.9. The number of hydrogen-bond donors (Lipinski definition) is 1. The molecular weight excluding hydrogens is 393 g/mol. The van der Waals surface area contributed by atoms with Gasteiger partial charge in [0.25, 0.3) is 0 Å². The fourth-order valence-corrected chi connectivity index (χ4v) is 5.46. The Morgan fingerprint density at radius 2 is 1.85 bits per heavy atom. The van der Waals surface area contributed by atoms with Crippen LogP contribution in [0.5, 0.6) is 0 Å². The molecule has 1 amide bonds. The van der Waals surface area contributed by atoms with Crippen molar-refractivity contribution in [2.75, 3.05) is 7.05 Å². The molecule has 150 valence electrons. The number of nitrogens with one attached hydrogen (secondary N) is 1. The van der Waals surface area contributed by atoms with E-state index in [1.54, 1.807) is 0 Å². The van der Waals surface area contributed by atoms with Gasteiger partial charge in [-0.2, -0.15) is 8.42 Å². The van der Waals surface area contributed by atoms with Crippen LogP contribution in [0.15, 0.2) is 22.4 Å². The van der Waals surface area contributed by atoms with E-state index in [4.69, 9.17) is 16.3 Å². The molecule has 1 unspecified atom stereocenters. The van der Waals surface area contributed by atoms with Crippen LogP contribution in [0, 0.1) is 5.41 Å². The SMILES string of the molecule is CNC(=O)C1=CC(Cl)=C(OC2CCC3(CCCCC3)CC2)C(=S(=O)=O)C1F. The highest BCUT2D eigenvalue weighted by molar-refractivity contribution is 7.73. The minimum Gasteiger partial charge on any atom is -0.487 e. The smallest absolute Gasteiger partial charge is 0.250 e. The number of rotatable bonds is 3. The topological polar surface area (TPSA) is 72.5 Å². The molecule has 3 rings (SSSR count). The number of allylic oxidation sites excluding steroid dienone is 3. The van der Waals surface area contributed by atoms with E-state index in [1.807, 2.05) is 0 Å². The number of carbonyl (C=O) groups excluding carboxylic acids is 1. The van der Waals surface area contributed by atoms with Crippen molar-refractivity contribution in [2.45, 2.75) is 70.1 Å². The summed E-state index contributed by atoms with van der Waals surface area (Å²) >= 11 is 6.18. The van der Waals surface area contributed by atoms with Crippen LogP contribution in [0.2, 0.25) is 0 Å². The molecule has 3 aliphatic carbocycles. The van der Waals surface area contributed by atoms with Gasteiger partial charge in [-0.1, -0.05) is 30.9 Å². The molecule has 0 aromatic heterocycles. The van der Waals surface area contributed by atoms with E-state index in [-0.39, 0.29) is 22.5 Å². The fraction of sp³-hybridized carbons (Fsp3) is 0.684. The van der Waals surface area contributed by atoms with Crippen LogP contribution in [0.4, 0.5) is 4.39 Å². The molecule has 3 aliphatic rings. The maximum absolute atomic E-state index is 14.7. The lowest BCUT2D eigenvalue weighted by atomic mass is 9.65. The number of halogens is 2. The Morgan fingerprint density at radius 1 is 1.22 bits per heavy atom. The predicted octanol–water partition coefficient (Wildman–Crippen LogP) is 3.42. The van der Waals surface area contributed by atoms with Gasteiger partial charge in [0.1, 0.15) is 0 Å². The maximum atomic E-state index is 14.7. The molecule has 1 atom stereocenters. The van der Waals surface area contributed by atoms with Gasteiger partial charge in [-0.15, -0.1) is 0 Å². The van der Waals surface area contributed by atoms with Crippen molar-refractivity contribution in [3.63, 3.8) is 0 Å². The zero-order valence-electron chi connectivity index (χ0n) is 15.4. The molecule has 2 fully saturated rings. The van der Waals surface area contributed by atoms with E-state index in [9.17, 15) is 17.6 Å². The Balaban J connectivity index is 1.79. The Labute approximate surface area is 165 Å². The van der Waals surface area contributed by atoms with Crippen molar-refractivity contribution in [1.82, 2.24) is 5.32 Å². The summed E-state index contributed by atoms with van der Waals surface area (Å²) in [4.78, 5) is 11.2. The molecule has 2 saturated carbocycles.